The number of nitrogens with one attached hydrogen (secondary N) is 1. The predicted octanol–water partition coefficient (Wildman–Crippen LogP) is 6.85. The Labute approximate surface area is 162 Å². The minimum absolute atomic E-state index is 0.325. The van der Waals surface area contributed by atoms with Gasteiger partial charge in [-0.1, -0.05) is 29.8 Å². The van der Waals surface area contributed by atoms with Gasteiger partial charge in [-0.15, -0.1) is 11.3 Å². The molecule has 1 N–H and O–H groups in total. The van der Waals surface area contributed by atoms with Crippen molar-refractivity contribution in [2.75, 3.05) is 5.32 Å². The summed E-state index contributed by atoms with van der Waals surface area (Å²) >= 11 is 7.51. The minimum atomic E-state index is -0.357. The highest BCUT2D eigenvalue weighted by Crippen LogP contribution is 2.36. The average molecular weight is 396 g/mol. The fraction of sp³-hybridized carbons (Fsp3) is 0. The average Bonchev–Trinajstić information content (AvgIpc) is 3.19. The van der Waals surface area contributed by atoms with E-state index in [0.29, 0.717) is 25.7 Å². The van der Waals surface area contributed by atoms with Crippen molar-refractivity contribution in [3.8, 4) is 0 Å². The van der Waals surface area contributed by atoms with Crippen molar-refractivity contribution < 1.29 is 13.6 Å². The van der Waals surface area contributed by atoms with Gasteiger partial charge in [0.1, 0.15) is 21.9 Å². The van der Waals surface area contributed by atoms with Crippen LogP contribution in [0.1, 0.15) is 9.67 Å². The number of hydrogen-bond acceptors (Lipinski definition) is 3. The number of fused-ring (bicyclic) bond motifs is 4. The highest BCUT2D eigenvalue weighted by Gasteiger charge is 2.18. The van der Waals surface area contributed by atoms with E-state index in [0.717, 1.165) is 21.9 Å². The normalized spacial score (nSPS) is 11.5. The van der Waals surface area contributed by atoms with Gasteiger partial charge in [0.2, 0.25) is 0 Å². The Morgan fingerprint density at radius 2 is 1.78 bits per heavy atom. The van der Waals surface area contributed by atoms with E-state index in [4.69, 9.17) is 16.0 Å². The van der Waals surface area contributed by atoms with Gasteiger partial charge in [-0.2, -0.15) is 0 Å². The fourth-order valence-corrected chi connectivity index (χ4v) is 4.61. The molecular weight excluding hydrogens is 385 g/mol. The van der Waals surface area contributed by atoms with E-state index in [2.05, 4.69) is 5.32 Å². The molecule has 0 spiro atoms. The summed E-state index contributed by atoms with van der Waals surface area (Å²) in [5, 5.41) is 5.79. The second-order valence-corrected chi connectivity index (χ2v) is 7.58. The maximum absolute atomic E-state index is 13.4. The molecule has 6 heteroatoms. The van der Waals surface area contributed by atoms with Gasteiger partial charge in [-0.3, -0.25) is 4.79 Å². The van der Waals surface area contributed by atoms with Gasteiger partial charge < -0.3 is 9.73 Å². The maximum atomic E-state index is 13.4. The summed E-state index contributed by atoms with van der Waals surface area (Å²) in [5.74, 6) is -0.682. The van der Waals surface area contributed by atoms with Crippen molar-refractivity contribution in [1.82, 2.24) is 0 Å². The number of rotatable bonds is 2. The van der Waals surface area contributed by atoms with Crippen LogP contribution in [0.5, 0.6) is 0 Å². The smallest absolute Gasteiger partial charge is 0.267 e. The molecule has 0 saturated heterocycles. The van der Waals surface area contributed by atoms with Crippen molar-refractivity contribution >= 4 is 66.6 Å². The third-order valence-electron chi connectivity index (χ3n) is 4.43. The van der Waals surface area contributed by atoms with Crippen LogP contribution in [0.15, 0.2) is 65.1 Å². The van der Waals surface area contributed by atoms with Crippen molar-refractivity contribution in [2.24, 2.45) is 0 Å². The molecule has 0 aliphatic heterocycles. The van der Waals surface area contributed by atoms with Crippen LogP contribution in [0.2, 0.25) is 5.02 Å². The molecule has 0 fully saturated rings. The summed E-state index contributed by atoms with van der Waals surface area (Å²) in [4.78, 5) is 13.1. The zero-order valence-corrected chi connectivity index (χ0v) is 15.3. The summed E-state index contributed by atoms with van der Waals surface area (Å²) < 4.78 is 19.9. The topological polar surface area (TPSA) is 42.2 Å². The molecule has 3 aromatic carbocycles. The van der Waals surface area contributed by atoms with E-state index >= 15 is 0 Å². The third-order valence-corrected chi connectivity index (χ3v) is 6.09. The second kappa shape index (κ2) is 6.08. The molecular formula is C21H11ClFNO2S. The van der Waals surface area contributed by atoms with Gasteiger partial charge in [-0.05, 0) is 42.5 Å². The second-order valence-electron chi connectivity index (χ2n) is 6.15. The number of anilines is 1. The highest BCUT2D eigenvalue weighted by atomic mass is 35.5. The number of para-hydroxylation sites is 1. The van der Waals surface area contributed by atoms with Crippen LogP contribution in [0.4, 0.5) is 10.1 Å². The number of amides is 1. The lowest BCUT2D eigenvalue weighted by Gasteiger charge is -2.04. The van der Waals surface area contributed by atoms with Gasteiger partial charge >= 0.3 is 0 Å². The Hall–Kier alpha value is -2.89. The third kappa shape index (κ3) is 2.67. The Balaban J connectivity index is 1.54. The summed E-state index contributed by atoms with van der Waals surface area (Å²) in [5.41, 5.74) is 2.19. The van der Waals surface area contributed by atoms with Crippen LogP contribution in [-0.4, -0.2) is 5.91 Å². The lowest BCUT2D eigenvalue weighted by Crippen LogP contribution is -2.10. The largest absolute Gasteiger partial charge is 0.456 e. The van der Waals surface area contributed by atoms with Crippen LogP contribution in [-0.2, 0) is 0 Å². The minimum Gasteiger partial charge on any atom is -0.456 e. The molecule has 2 heterocycles. The van der Waals surface area contributed by atoms with Crippen molar-refractivity contribution in [2.45, 2.75) is 0 Å². The van der Waals surface area contributed by atoms with E-state index in [1.807, 2.05) is 36.4 Å². The summed E-state index contributed by atoms with van der Waals surface area (Å²) in [6.45, 7) is 0. The van der Waals surface area contributed by atoms with Gasteiger partial charge in [-0.25, -0.2) is 4.39 Å². The Bertz CT molecular complexity index is 1350. The summed E-state index contributed by atoms with van der Waals surface area (Å²) in [6.07, 6.45) is 0. The molecule has 0 radical (unpaired) electrons. The fourth-order valence-electron chi connectivity index (χ4n) is 3.18. The summed E-state index contributed by atoms with van der Waals surface area (Å²) in [6, 6.07) is 17.5. The number of thiophene rings is 1. The molecule has 1 amide bonds. The first-order valence-corrected chi connectivity index (χ1v) is 9.40. The van der Waals surface area contributed by atoms with Crippen LogP contribution >= 0.6 is 22.9 Å². The van der Waals surface area contributed by atoms with E-state index in [-0.39, 0.29) is 11.7 Å². The molecule has 0 aliphatic carbocycles. The molecule has 0 aliphatic rings. The first-order valence-electron chi connectivity index (χ1n) is 8.20. The van der Waals surface area contributed by atoms with Gasteiger partial charge in [0.15, 0.2) is 0 Å². The Morgan fingerprint density at radius 1 is 0.963 bits per heavy atom. The lowest BCUT2D eigenvalue weighted by atomic mass is 10.1. The van der Waals surface area contributed by atoms with Gasteiger partial charge in [0.25, 0.3) is 5.91 Å². The van der Waals surface area contributed by atoms with Crippen LogP contribution in [0.3, 0.4) is 0 Å². The number of carbonyl (C=O) groups excluding carboxylic acids is 1. The lowest BCUT2D eigenvalue weighted by molar-refractivity contribution is 0.103. The number of carbonyl (C=O) groups is 1. The molecule has 0 unspecified atom stereocenters. The molecule has 2 aromatic heterocycles. The number of furan rings is 1. The molecule has 0 saturated carbocycles. The monoisotopic (exact) mass is 395 g/mol. The van der Waals surface area contributed by atoms with Crippen molar-refractivity contribution in [1.29, 1.82) is 0 Å². The summed E-state index contributed by atoms with van der Waals surface area (Å²) in [7, 11) is 0. The Morgan fingerprint density at radius 3 is 2.67 bits per heavy atom. The van der Waals surface area contributed by atoms with Crippen molar-refractivity contribution in [3.05, 3.63) is 76.4 Å². The molecule has 27 heavy (non-hydrogen) atoms. The maximum Gasteiger partial charge on any atom is 0.267 e. The van der Waals surface area contributed by atoms with E-state index in [9.17, 15) is 9.18 Å². The van der Waals surface area contributed by atoms with Crippen LogP contribution in [0.25, 0.3) is 32.0 Å². The quantitative estimate of drug-likeness (QED) is 0.355. The number of hydrogen-bond donors (Lipinski definition) is 1. The van der Waals surface area contributed by atoms with Gasteiger partial charge in [0, 0.05) is 26.5 Å². The molecule has 3 nitrogen and oxygen atoms in total. The molecule has 0 bridgehead atoms. The van der Waals surface area contributed by atoms with Gasteiger partial charge in [0.05, 0.1) is 5.02 Å². The zero-order chi connectivity index (χ0) is 18.5. The SMILES string of the molecule is O=C(Nc1ccc2oc3ccccc3c2c1)c1sc2cc(F)ccc2c1Cl. The first kappa shape index (κ1) is 16.3. The zero-order valence-electron chi connectivity index (χ0n) is 13.8. The standard InChI is InChI=1S/C21H11ClFNO2S/c22-19-14-7-5-11(23)9-18(14)27-20(19)21(25)24-12-6-8-17-15(10-12)13-3-1-2-4-16(13)26-17/h1-10H,(H,24,25). The first-order chi connectivity index (χ1) is 13.1. The number of benzene rings is 3. The molecule has 0 atom stereocenters. The Kier molecular flexibility index (Phi) is 3.67. The van der Waals surface area contributed by atoms with Crippen molar-refractivity contribution in [3.63, 3.8) is 0 Å². The number of halogens is 2. The molecule has 132 valence electrons. The molecule has 5 aromatic rings. The molecule has 5 rings (SSSR count). The van der Waals surface area contributed by atoms with Crippen LogP contribution in [0, 0.1) is 5.82 Å². The van der Waals surface area contributed by atoms with E-state index in [1.165, 1.54) is 23.5 Å². The van der Waals surface area contributed by atoms with E-state index < -0.39 is 0 Å². The van der Waals surface area contributed by atoms with E-state index in [1.54, 1.807) is 12.1 Å². The van der Waals surface area contributed by atoms with Crippen LogP contribution < -0.4 is 5.32 Å². The highest BCUT2D eigenvalue weighted by molar-refractivity contribution is 7.21. The predicted molar refractivity (Wildman–Crippen MR) is 108 cm³/mol.